The zero-order valence-electron chi connectivity index (χ0n) is 26.5. The first-order chi connectivity index (χ1) is 24.3. The van der Waals surface area contributed by atoms with Gasteiger partial charge in [0.25, 0.3) is 0 Å². The van der Waals surface area contributed by atoms with E-state index >= 15 is 0 Å². The monoisotopic (exact) mass is 643 g/mol. The minimum atomic E-state index is 0.894. The molecule has 10 rings (SSSR count). The largest absolute Gasteiger partial charge is 0.456 e. The first kappa shape index (κ1) is 27.9. The molecule has 49 heavy (non-hydrogen) atoms. The molecule has 8 aromatic carbocycles. The zero-order valence-corrected chi connectivity index (χ0v) is 27.3. The molecule has 0 aliphatic carbocycles. The van der Waals surface area contributed by atoms with E-state index in [1.165, 1.54) is 42.1 Å². The van der Waals surface area contributed by atoms with Crippen molar-refractivity contribution in [1.29, 1.82) is 0 Å². The van der Waals surface area contributed by atoms with Gasteiger partial charge in [-0.2, -0.15) is 0 Å². The van der Waals surface area contributed by atoms with E-state index in [-0.39, 0.29) is 0 Å². The summed E-state index contributed by atoms with van der Waals surface area (Å²) in [6, 6.07) is 63.2. The summed E-state index contributed by atoms with van der Waals surface area (Å²) in [5.74, 6) is 0. The zero-order chi connectivity index (χ0) is 32.3. The van der Waals surface area contributed by atoms with Gasteiger partial charge in [0.2, 0.25) is 0 Å². The maximum atomic E-state index is 6.33. The molecule has 0 amide bonds. The SMILES string of the molecule is c1ccc(N(c2ccc(-c3cccc4c3sc3ccccc34)cc2)c2cccc3ccccc23)c(-c2cccc3oc4ccccc4c23)c1. The summed E-state index contributed by atoms with van der Waals surface area (Å²) in [5, 5.41) is 7.30. The molecular weight excluding hydrogens is 615 g/mol. The Morgan fingerprint density at radius 1 is 0.408 bits per heavy atom. The predicted molar refractivity (Wildman–Crippen MR) is 210 cm³/mol. The quantitative estimate of drug-likeness (QED) is 0.186. The molecule has 0 fully saturated rings. The molecule has 230 valence electrons. The van der Waals surface area contributed by atoms with Gasteiger partial charge in [-0.25, -0.2) is 0 Å². The maximum Gasteiger partial charge on any atom is 0.136 e. The standard InChI is InChI=1S/C46H29NOS/c1-2-14-33-30(12-1)13-9-22-40(33)47(32-28-26-31(27-29-32)34-18-10-20-38-36-16-5-8-25-44(36)49-46(34)38)41-21-6-3-15-35(41)37-19-11-24-43-45(37)39-17-4-7-23-42(39)48-43/h1-29H. The number of furan rings is 1. The molecule has 3 heteroatoms. The number of anilines is 3. The van der Waals surface area contributed by atoms with Crippen molar-refractivity contribution in [3.8, 4) is 22.3 Å². The van der Waals surface area contributed by atoms with Gasteiger partial charge >= 0.3 is 0 Å². The van der Waals surface area contributed by atoms with E-state index in [0.29, 0.717) is 0 Å². The van der Waals surface area contributed by atoms with Crippen molar-refractivity contribution in [1.82, 2.24) is 0 Å². The summed E-state index contributed by atoms with van der Waals surface area (Å²) in [4.78, 5) is 2.42. The maximum absolute atomic E-state index is 6.33. The van der Waals surface area contributed by atoms with Gasteiger partial charge in [-0.3, -0.25) is 0 Å². The number of fused-ring (bicyclic) bond motifs is 7. The van der Waals surface area contributed by atoms with Crippen molar-refractivity contribution in [3.05, 3.63) is 176 Å². The number of hydrogen-bond donors (Lipinski definition) is 0. The number of rotatable bonds is 5. The van der Waals surface area contributed by atoms with Crippen LogP contribution < -0.4 is 4.90 Å². The average molecular weight is 644 g/mol. The Balaban J connectivity index is 1.19. The van der Waals surface area contributed by atoms with Crippen LogP contribution in [0.1, 0.15) is 0 Å². The lowest BCUT2D eigenvalue weighted by atomic mass is 9.96. The van der Waals surface area contributed by atoms with Crippen LogP contribution in [0, 0.1) is 0 Å². The third-order valence-corrected chi connectivity index (χ3v) is 10.9. The molecule has 2 heterocycles. The van der Waals surface area contributed by atoms with Crippen LogP contribution in [0.3, 0.4) is 0 Å². The third-order valence-electron chi connectivity index (χ3n) is 9.69. The highest BCUT2D eigenvalue weighted by Crippen LogP contribution is 2.47. The lowest BCUT2D eigenvalue weighted by Gasteiger charge is -2.29. The van der Waals surface area contributed by atoms with Crippen LogP contribution in [0.25, 0.3) is 75.1 Å². The lowest BCUT2D eigenvalue weighted by Crippen LogP contribution is -2.11. The van der Waals surface area contributed by atoms with E-state index in [1.54, 1.807) is 0 Å². The van der Waals surface area contributed by atoms with Crippen molar-refractivity contribution in [3.63, 3.8) is 0 Å². The van der Waals surface area contributed by atoms with E-state index in [1.807, 2.05) is 23.5 Å². The fourth-order valence-electron chi connectivity index (χ4n) is 7.47. The highest BCUT2D eigenvalue weighted by molar-refractivity contribution is 7.26. The fourth-order valence-corrected chi connectivity index (χ4v) is 8.71. The minimum absolute atomic E-state index is 0.894. The van der Waals surface area contributed by atoms with E-state index in [0.717, 1.165) is 50.1 Å². The number of hydrogen-bond acceptors (Lipinski definition) is 3. The van der Waals surface area contributed by atoms with Crippen molar-refractivity contribution in [2.24, 2.45) is 0 Å². The molecule has 0 radical (unpaired) electrons. The van der Waals surface area contributed by atoms with Gasteiger partial charge in [0.15, 0.2) is 0 Å². The van der Waals surface area contributed by atoms with Crippen molar-refractivity contribution >= 4 is 81.3 Å². The van der Waals surface area contributed by atoms with Crippen LogP contribution in [-0.4, -0.2) is 0 Å². The fraction of sp³-hybridized carbons (Fsp3) is 0. The second-order valence-electron chi connectivity index (χ2n) is 12.5. The first-order valence-corrected chi connectivity index (χ1v) is 17.4. The normalized spacial score (nSPS) is 11.7. The molecule has 10 aromatic rings. The summed E-state index contributed by atoms with van der Waals surface area (Å²) in [5.41, 5.74) is 9.90. The smallest absolute Gasteiger partial charge is 0.136 e. The number of benzene rings is 8. The number of nitrogens with zero attached hydrogens (tertiary/aromatic N) is 1. The Hall–Kier alpha value is -6.16. The molecule has 0 spiro atoms. The number of para-hydroxylation sites is 2. The van der Waals surface area contributed by atoms with Gasteiger partial charge in [0.05, 0.1) is 11.4 Å². The average Bonchev–Trinajstić information content (AvgIpc) is 3.74. The van der Waals surface area contributed by atoms with E-state index in [4.69, 9.17) is 4.42 Å². The van der Waals surface area contributed by atoms with Gasteiger partial charge in [-0.15, -0.1) is 11.3 Å². The molecular formula is C46H29NOS. The highest BCUT2D eigenvalue weighted by Gasteiger charge is 2.22. The van der Waals surface area contributed by atoms with E-state index in [9.17, 15) is 0 Å². The summed E-state index contributed by atoms with van der Waals surface area (Å²) >= 11 is 1.87. The second kappa shape index (κ2) is 11.2. The van der Waals surface area contributed by atoms with Crippen LogP contribution in [0.5, 0.6) is 0 Å². The molecule has 0 bridgehead atoms. The Kier molecular flexibility index (Phi) is 6.39. The summed E-state index contributed by atoms with van der Waals surface area (Å²) in [7, 11) is 0. The van der Waals surface area contributed by atoms with Crippen LogP contribution in [0.4, 0.5) is 17.1 Å². The Bertz CT molecular complexity index is 2840. The second-order valence-corrected chi connectivity index (χ2v) is 13.5. The molecule has 2 nitrogen and oxygen atoms in total. The lowest BCUT2D eigenvalue weighted by molar-refractivity contribution is 0.669. The topological polar surface area (TPSA) is 16.4 Å². The van der Waals surface area contributed by atoms with Crippen LogP contribution in [0.2, 0.25) is 0 Å². The van der Waals surface area contributed by atoms with Gasteiger partial charge in [0, 0.05) is 47.6 Å². The summed E-state index contributed by atoms with van der Waals surface area (Å²) < 4.78 is 8.98. The Morgan fingerprint density at radius 2 is 1.02 bits per heavy atom. The Labute approximate surface area is 287 Å². The molecule has 0 aliphatic rings. The third kappa shape index (κ3) is 4.47. The van der Waals surface area contributed by atoms with Gasteiger partial charge in [-0.1, -0.05) is 133 Å². The molecule has 0 saturated carbocycles. The molecule has 0 aliphatic heterocycles. The predicted octanol–water partition coefficient (Wildman–Crippen LogP) is 13.9. The van der Waals surface area contributed by atoms with Crippen LogP contribution in [-0.2, 0) is 0 Å². The van der Waals surface area contributed by atoms with Crippen LogP contribution in [0.15, 0.2) is 180 Å². The molecule has 0 unspecified atom stereocenters. The highest BCUT2D eigenvalue weighted by atomic mass is 32.1. The minimum Gasteiger partial charge on any atom is -0.456 e. The van der Waals surface area contributed by atoms with E-state index in [2.05, 4.69) is 169 Å². The Morgan fingerprint density at radius 3 is 1.94 bits per heavy atom. The van der Waals surface area contributed by atoms with Gasteiger partial charge in [-0.05, 0) is 64.5 Å². The first-order valence-electron chi connectivity index (χ1n) is 16.6. The van der Waals surface area contributed by atoms with Crippen LogP contribution >= 0.6 is 11.3 Å². The van der Waals surface area contributed by atoms with Crippen molar-refractivity contribution < 1.29 is 4.42 Å². The number of thiophene rings is 1. The van der Waals surface area contributed by atoms with Gasteiger partial charge < -0.3 is 9.32 Å². The molecule has 2 aromatic heterocycles. The van der Waals surface area contributed by atoms with Crippen molar-refractivity contribution in [2.75, 3.05) is 4.90 Å². The molecule has 0 atom stereocenters. The van der Waals surface area contributed by atoms with Crippen molar-refractivity contribution in [2.45, 2.75) is 0 Å². The summed E-state index contributed by atoms with van der Waals surface area (Å²) in [6.07, 6.45) is 0. The molecule has 0 saturated heterocycles. The van der Waals surface area contributed by atoms with E-state index < -0.39 is 0 Å². The summed E-state index contributed by atoms with van der Waals surface area (Å²) in [6.45, 7) is 0. The van der Waals surface area contributed by atoms with Gasteiger partial charge in [0.1, 0.15) is 11.2 Å². The molecule has 0 N–H and O–H groups in total.